The number of nitrogens with zero attached hydrogens (tertiary/aromatic N) is 2. The number of methoxy groups -OCH3 is 1. The summed E-state index contributed by atoms with van der Waals surface area (Å²) in [4.78, 5) is 5.11. The molecule has 3 fully saturated rings. The zero-order valence-electron chi connectivity index (χ0n) is 13.7. The summed E-state index contributed by atoms with van der Waals surface area (Å²) in [7, 11) is 1.78. The quantitative estimate of drug-likeness (QED) is 0.743. The van der Waals surface area contributed by atoms with E-state index in [0.29, 0.717) is 0 Å². The van der Waals surface area contributed by atoms with Crippen molar-refractivity contribution in [3.8, 4) is 0 Å². The molecule has 1 saturated carbocycles. The van der Waals surface area contributed by atoms with Crippen molar-refractivity contribution in [2.24, 2.45) is 0 Å². The maximum Gasteiger partial charge on any atom is 0.0828 e. The highest BCUT2D eigenvalue weighted by Crippen LogP contribution is 2.47. The lowest BCUT2D eigenvalue weighted by Crippen LogP contribution is -2.52. The molecule has 3 aliphatic rings. The maximum absolute atomic E-state index is 6.25. The van der Waals surface area contributed by atoms with Crippen LogP contribution in [0.4, 0.5) is 0 Å². The van der Waals surface area contributed by atoms with E-state index in [4.69, 9.17) is 9.47 Å². The van der Waals surface area contributed by atoms with Crippen LogP contribution in [-0.4, -0.2) is 87.1 Å². The predicted octanol–water partition coefficient (Wildman–Crippen LogP) is 0.552. The number of hydrogen-bond acceptors (Lipinski definition) is 5. The average Bonchev–Trinajstić information content (AvgIpc) is 3.02. The summed E-state index contributed by atoms with van der Waals surface area (Å²) in [5.74, 6) is 0. The minimum atomic E-state index is 0.136. The predicted molar refractivity (Wildman–Crippen MR) is 83.7 cm³/mol. The second kappa shape index (κ2) is 6.50. The van der Waals surface area contributed by atoms with Gasteiger partial charge in [0.1, 0.15) is 0 Å². The first kappa shape index (κ1) is 15.7. The number of hydrogen-bond donors (Lipinski definition) is 1. The fraction of sp³-hybridized carbons (Fsp3) is 1.00. The Bertz CT molecular complexity index is 334. The summed E-state index contributed by atoms with van der Waals surface area (Å²) in [5.41, 5.74) is 0.423. The summed E-state index contributed by atoms with van der Waals surface area (Å²) in [6, 6.07) is 0. The highest BCUT2D eigenvalue weighted by molar-refractivity contribution is 5.11. The zero-order chi connectivity index (χ0) is 14.8. The van der Waals surface area contributed by atoms with Crippen molar-refractivity contribution in [2.75, 3.05) is 66.1 Å². The van der Waals surface area contributed by atoms with E-state index in [9.17, 15) is 0 Å². The van der Waals surface area contributed by atoms with Crippen LogP contribution in [-0.2, 0) is 9.47 Å². The molecule has 2 atom stereocenters. The molecular weight excluding hydrogens is 266 g/mol. The third-order valence-electron chi connectivity index (χ3n) is 5.51. The van der Waals surface area contributed by atoms with Crippen molar-refractivity contribution in [1.82, 2.24) is 15.1 Å². The standard InChI is InChI=1S/C16H31N3O2/c1-3-17-15-4-5-16(12-15,21-14-15)13-19-8-6-18(7-9-19)10-11-20-2/h17H,3-14H2,1-2H3. The first-order chi connectivity index (χ1) is 10.2. The van der Waals surface area contributed by atoms with Crippen LogP contribution in [0, 0.1) is 0 Å². The summed E-state index contributed by atoms with van der Waals surface area (Å²) in [6.07, 6.45) is 3.72. The second-order valence-electron chi connectivity index (χ2n) is 7.07. The summed E-state index contributed by atoms with van der Waals surface area (Å²) >= 11 is 0. The molecule has 5 nitrogen and oxygen atoms in total. The molecule has 0 spiro atoms. The normalized spacial score (nSPS) is 37.4. The van der Waals surface area contributed by atoms with E-state index < -0.39 is 0 Å². The smallest absolute Gasteiger partial charge is 0.0828 e. The minimum Gasteiger partial charge on any atom is -0.383 e. The molecule has 2 bridgehead atoms. The fourth-order valence-electron chi connectivity index (χ4n) is 4.35. The topological polar surface area (TPSA) is 37.0 Å². The van der Waals surface area contributed by atoms with Gasteiger partial charge in [-0.05, 0) is 25.8 Å². The van der Waals surface area contributed by atoms with Crippen LogP contribution < -0.4 is 5.32 Å². The highest BCUT2D eigenvalue weighted by Gasteiger charge is 2.55. The van der Waals surface area contributed by atoms with Crippen molar-refractivity contribution in [1.29, 1.82) is 0 Å². The van der Waals surface area contributed by atoms with E-state index in [1.54, 1.807) is 7.11 Å². The summed E-state index contributed by atoms with van der Waals surface area (Å²) < 4.78 is 11.4. The Morgan fingerprint density at radius 2 is 1.90 bits per heavy atom. The Hall–Kier alpha value is -0.200. The molecule has 2 saturated heterocycles. The lowest BCUT2D eigenvalue weighted by molar-refractivity contribution is -0.0506. The molecule has 0 aromatic rings. The molecule has 122 valence electrons. The van der Waals surface area contributed by atoms with Gasteiger partial charge in [0.2, 0.25) is 0 Å². The van der Waals surface area contributed by atoms with Crippen molar-refractivity contribution in [3.05, 3.63) is 0 Å². The first-order valence-electron chi connectivity index (χ1n) is 8.52. The molecule has 1 N–H and O–H groups in total. The Morgan fingerprint density at radius 1 is 1.14 bits per heavy atom. The Balaban J connectivity index is 1.46. The molecule has 2 aliphatic heterocycles. The van der Waals surface area contributed by atoms with Gasteiger partial charge in [0, 0.05) is 51.9 Å². The van der Waals surface area contributed by atoms with E-state index in [1.807, 2.05) is 0 Å². The summed E-state index contributed by atoms with van der Waals surface area (Å²) in [5, 5.41) is 3.68. The number of fused-ring (bicyclic) bond motifs is 2. The molecule has 0 amide bonds. The fourth-order valence-corrected chi connectivity index (χ4v) is 4.35. The van der Waals surface area contributed by atoms with Gasteiger partial charge in [-0.15, -0.1) is 0 Å². The van der Waals surface area contributed by atoms with Gasteiger partial charge in [0.05, 0.1) is 18.8 Å². The van der Waals surface area contributed by atoms with Gasteiger partial charge in [-0.1, -0.05) is 6.92 Å². The monoisotopic (exact) mass is 297 g/mol. The van der Waals surface area contributed by atoms with E-state index >= 15 is 0 Å². The Morgan fingerprint density at radius 3 is 2.52 bits per heavy atom. The number of likely N-dealkylation sites (N-methyl/N-ethyl adjacent to an activating group) is 1. The van der Waals surface area contributed by atoms with Crippen molar-refractivity contribution in [2.45, 2.75) is 37.3 Å². The molecule has 2 heterocycles. The lowest BCUT2D eigenvalue weighted by atomic mass is 9.98. The van der Waals surface area contributed by atoms with Gasteiger partial charge in [0.15, 0.2) is 0 Å². The van der Waals surface area contributed by atoms with Gasteiger partial charge < -0.3 is 14.8 Å². The van der Waals surface area contributed by atoms with Gasteiger partial charge in [0.25, 0.3) is 0 Å². The minimum absolute atomic E-state index is 0.136. The second-order valence-corrected chi connectivity index (χ2v) is 7.07. The molecule has 5 heteroatoms. The summed E-state index contributed by atoms with van der Waals surface area (Å²) in [6.45, 7) is 11.9. The van der Waals surface area contributed by atoms with E-state index in [-0.39, 0.29) is 11.1 Å². The van der Waals surface area contributed by atoms with E-state index in [0.717, 1.165) is 45.9 Å². The highest BCUT2D eigenvalue weighted by atomic mass is 16.5. The molecule has 3 rings (SSSR count). The van der Waals surface area contributed by atoms with Gasteiger partial charge in [-0.3, -0.25) is 9.80 Å². The van der Waals surface area contributed by atoms with Gasteiger partial charge >= 0.3 is 0 Å². The molecule has 0 aromatic carbocycles. The number of ether oxygens (including phenoxy) is 2. The molecule has 21 heavy (non-hydrogen) atoms. The van der Waals surface area contributed by atoms with Crippen LogP contribution in [0.5, 0.6) is 0 Å². The van der Waals surface area contributed by atoms with Crippen molar-refractivity contribution < 1.29 is 9.47 Å². The molecular formula is C16H31N3O2. The number of rotatable bonds is 7. The molecule has 2 unspecified atom stereocenters. The van der Waals surface area contributed by atoms with Crippen LogP contribution in [0.25, 0.3) is 0 Å². The maximum atomic E-state index is 6.25. The Kier molecular flexibility index (Phi) is 4.86. The number of nitrogens with one attached hydrogen (secondary N) is 1. The Labute approximate surface area is 128 Å². The SMILES string of the molecule is CCNC12CCC(CN3CCN(CCOC)CC3)(C1)OC2. The van der Waals surface area contributed by atoms with Crippen molar-refractivity contribution in [3.63, 3.8) is 0 Å². The van der Waals surface area contributed by atoms with E-state index in [2.05, 4.69) is 22.0 Å². The van der Waals surface area contributed by atoms with Crippen LogP contribution in [0.15, 0.2) is 0 Å². The van der Waals surface area contributed by atoms with Crippen LogP contribution >= 0.6 is 0 Å². The molecule has 0 radical (unpaired) electrons. The molecule has 1 aliphatic carbocycles. The molecule has 0 aromatic heterocycles. The van der Waals surface area contributed by atoms with Crippen molar-refractivity contribution >= 4 is 0 Å². The van der Waals surface area contributed by atoms with Crippen LogP contribution in [0.2, 0.25) is 0 Å². The van der Waals surface area contributed by atoms with Crippen LogP contribution in [0.1, 0.15) is 26.2 Å². The van der Waals surface area contributed by atoms with E-state index in [1.165, 1.54) is 32.4 Å². The lowest BCUT2D eigenvalue weighted by Gasteiger charge is -2.39. The third-order valence-corrected chi connectivity index (χ3v) is 5.51. The first-order valence-corrected chi connectivity index (χ1v) is 8.52. The average molecular weight is 297 g/mol. The largest absolute Gasteiger partial charge is 0.383 e. The zero-order valence-corrected chi connectivity index (χ0v) is 13.7. The number of piperazine rings is 1. The van der Waals surface area contributed by atoms with Gasteiger partial charge in [-0.2, -0.15) is 0 Å². The van der Waals surface area contributed by atoms with Crippen LogP contribution in [0.3, 0.4) is 0 Å². The van der Waals surface area contributed by atoms with Gasteiger partial charge in [-0.25, -0.2) is 0 Å². The third kappa shape index (κ3) is 3.42.